The number of anilines is 8. The van der Waals surface area contributed by atoms with Crippen LogP contribution in [0, 0.1) is 5.82 Å². The van der Waals surface area contributed by atoms with Crippen molar-refractivity contribution in [3.05, 3.63) is 180 Å². The molecule has 16 rings (SSSR count). The van der Waals surface area contributed by atoms with E-state index in [9.17, 15) is 45.2 Å². The molecule has 0 saturated carbocycles. The summed E-state index contributed by atoms with van der Waals surface area (Å²) >= 11 is 0. The molecule has 8 saturated heterocycles. The van der Waals surface area contributed by atoms with E-state index in [1.807, 2.05) is 91.2 Å². The summed E-state index contributed by atoms with van der Waals surface area (Å²) in [6.07, 6.45) is 27.6. The standard InChI is InChI=1S/C16H27N3O.C15H24N2O2.2C14H22N2O2.2C14H22N2O.C13H19FN2O.C13H20N2O/c1-13(2)15-6-5-14(11-17-15)19-9-7-16(20,8-10-19)12-18(3)4;1-12(2)14-5-4-13(10-16-14)17-8-6-15(18,7-9-17)11-19-3;1-10(2)14-13(18-3)8-11(9-15-14)16-6-4-12(17)5-7-16;1-10(2)12-8-14(18-3)13(9-15-12)16-6-4-11(17)5-7-16;2*1-11(2)13-5-4-12(10-15-13)16-8-6-14(3,17)7-9-16;1-9(2)13-12(14)7-10(8-15-13)16-5-3-11(17)4-6-16;1-10(2)11-3-4-13(14-9-11)15-7-5-12(16)6-8-15/h5-6,11,13,20H,7-10,12H2,1-4H3;4-5,10,12,18H,6-9,11H2,1-3H3;8-10,12,17H,4-7H2,1-3H3;8-11,17H,4-7H2,1-3H3;2*4-5,10-11,17H,6-9H2,1-3H3;7-9,11,17H,3-6H2,1-2H3;3-4,9-10,12,16H,5-8H2,1-2H3. The van der Waals surface area contributed by atoms with Gasteiger partial charge >= 0.3 is 0 Å². The summed E-state index contributed by atoms with van der Waals surface area (Å²) in [4.78, 5) is 55.8. The molecule has 8 aliphatic rings. The molecule has 0 aliphatic carbocycles. The number of hydrogen-bond donors (Lipinski definition) is 8. The molecule has 8 fully saturated rings. The van der Waals surface area contributed by atoms with Gasteiger partial charge in [0.1, 0.15) is 23.1 Å². The maximum atomic E-state index is 13.8. The molecule has 8 aromatic rings. The molecule has 0 aromatic carbocycles. The number of aliphatic hydroxyl groups is 8. The third kappa shape index (κ3) is 36.7. The van der Waals surface area contributed by atoms with Crippen molar-refractivity contribution in [2.24, 2.45) is 0 Å². The zero-order valence-corrected chi connectivity index (χ0v) is 90.4. The quantitative estimate of drug-likeness (QED) is 0.0312. The lowest BCUT2D eigenvalue weighted by Gasteiger charge is -2.40. The number of ether oxygens (including phenoxy) is 3. The first-order valence-corrected chi connectivity index (χ1v) is 52.6. The summed E-state index contributed by atoms with van der Waals surface area (Å²) in [6.45, 7) is 52.9. The van der Waals surface area contributed by atoms with Crippen LogP contribution < -0.4 is 48.7 Å². The van der Waals surface area contributed by atoms with Crippen molar-refractivity contribution in [2.45, 2.75) is 322 Å². The Hall–Kier alpha value is -9.27. The van der Waals surface area contributed by atoms with Gasteiger partial charge in [0.15, 0.2) is 0 Å². The third-order valence-electron chi connectivity index (χ3n) is 28.4. The Morgan fingerprint density at radius 1 is 0.324 bits per heavy atom. The Morgan fingerprint density at radius 3 is 0.944 bits per heavy atom. The smallest absolute Gasteiger partial charge is 0.147 e. The van der Waals surface area contributed by atoms with Gasteiger partial charge in [-0.15, -0.1) is 0 Å². The van der Waals surface area contributed by atoms with Crippen molar-refractivity contribution >= 4 is 45.6 Å². The van der Waals surface area contributed by atoms with Crippen molar-refractivity contribution in [1.29, 1.82) is 0 Å². The van der Waals surface area contributed by atoms with Crippen LogP contribution in [0.1, 0.15) is 320 Å². The number of aliphatic hydroxyl groups excluding tert-OH is 4. The van der Waals surface area contributed by atoms with E-state index in [2.05, 4.69) is 248 Å². The summed E-state index contributed by atoms with van der Waals surface area (Å²) in [6, 6.07) is 26.8. The number of hydrogen-bond acceptors (Lipinski definition) is 28. The molecule has 142 heavy (non-hydrogen) atoms. The first-order valence-electron chi connectivity index (χ1n) is 52.6. The molecule has 0 radical (unpaired) electrons. The van der Waals surface area contributed by atoms with E-state index in [1.54, 1.807) is 33.6 Å². The number of halogens is 1. The van der Waals surface area contributed by atoms with Gasteiger partial charge in [-0.05, 0) is 238 Å². The predicted octanol–water partition coefficient (Wildman–Crippen LogP) is 18.2. The van der Waals surface area contributed by atoms with E-state index >= 15 is 0 Å². The summed E-state index contributed by atoms with van der Waals surface area (Å²) in [5.41, 5.74) is 13.8. The fourth-order valence-corrected chi connectivity index (χ4v) is 18.5. The lowest BCUT2D eigenvalue weighted by molar-refractivity contribution is -0.0471. The first kappa shape index (κ1) is 116. The van der Waals surface area contributed by atoms with E-state index in [1.165, 1.54) is 22.6 Å². The number of likely N-dealkylation sites (N-methyl/N-ethyl adjacent to an activating group) is 1. The lowest BCUT2D eigenvalue weighted by atomic mass is 9.91. The van der Waals surface area contributed by atoms with Crippen LogP contribution in [0.25, 0.3) is 0 Å². The predicted molar refractivity (Wildman–Crippen MR) is 577 cm³/mol. The molecule has 8 aliphatic heterocycles. The topological polar surface area (TPSA) is 322 Å². The van der Waals surface area contributed by atoms with E-state index in [0.717, 1.165) is 288 Å². The summed E-state index contributed by atoms with van der Waals surface area (Å²) < 4.78 is 29.8. The number of methoxy groups -OCH3 is 3. The van der Waals surface area contributed by atoms with E-state index in [4.69, 9.17) is 14.2 Å². The molecule has 0 bridgehead atoms. The monoisotopic (exact) mass is 1970 g/mol. The second kappa shape index (κ2) is 55.9. The normalized spacial score (nSPS) is 18.5. The summed E-state index contributed by atoms with van der Waals surface area (Å²) in [5.74, 6) is 5.82. The fraction of sp³-hybridized carbons (Fsp3) is 0.646. The van der Waals surface area contributed by atoms with Crippen LogP contribution >= 0.6 is 0 Å². The van der Waals surface area contributed by atoms with Gasteiger partial charge in [0.2, 0.25) is 0 Å². The zero-order valence-electron chi connectivity index (χ0n) is 90.4. The van der Waals surface area contributed by atoms with Crippen LogP contribution in [-0.2, 0) is 4.74 Å². The Labute approximate surface area is 850 Å². The molecule has 0 amide bonds. The highest BCUT2D eigenvalue weighted by molar-refractivity contribution is 5.59. The van der Waals surface area contributed by atoms with Gasteiger partial charge in [0.05, 0.1) is 162 Å². The number of pyridine rings is 8. The minimum Gasteiger partial charge on any atom is -0.495 e. The molecule has 0 unspecified atom stereocenters. The number of aromatic nitrogens is 8. The van der Waals surface area contributed by atoms with Crippen molar-refractivity contribution in [2.75, 3.05) is 192 Å². The van der Waals surface area contributed by atoms with Crippen LogP contribution in [-0.4, -0.2) is 286 Å². The average Bonchev–Trinajstić information content (AvgIpc) is 0.816. The van der Waals surface area contributed by atoms with Gasteiger partial charge in [-0.3, -0.25) is 34.9 Å². The molecule has 0 atom stereocenters. The molecule has 788 valence electrons. The molecular weight excluding hydrogens is 1790 g/mol. The lowest BCUT2D eigenvalue weighted by Crippen LogP contribution is -2.49. The number of rotatable bonds is 22. The second-order valence-corrected chi connectivity index (χ2v) is 43.5. The molecule has 16 heterocycles. The van der Waals surface area contributed by atoms with Crippen molar-refractivity contribution in [3.63, 3.8) is 0 Å². The molecule has 28 nitrogen and oxygen atoms in total. The highest BCUT2D eigenvalue weighted by Gasteiger charge is 2.36. The molecule has 8 N–H and O–H groups in total. The Balaban J connectivity index is 0.000000181. The molecule has 29 heteroatoms. The van der Waals surface area contributed by atoms with E-state index in [0.29, 0.717) is 53.7 Å². The first-order chi connectivity index (χ1) is 67.4. The van der Waals surface area contributed by atoms with Crippen LogP contribution in [0.15, 0.2) is 128 Å². The molecular formula is C113H178FN17O11. The molecule has 8 aromatic heterocycles. The minimum atomic E-state index is -0.656. The van der Waals surface area contributed by atoms with Gasteiger partial charge < -0.3 is 99.2 Å². The second-order valence-electron chi connectivity index (χ2n) is 43.5. The van der Waals surface area contributed by atoms with Gasteiger partial charge in [0, 0.05) is 171 Å². The summed E-state index contributed by atoms with van der Waals surface area (Å²) in [7, 11) is 9.05. The van der Waals surface area contributed by atoms with Gasteiger partial charge in [-0.1, -0.05) is 117 Å². The van der Waals surface area contributed by atoms with E-state index < -0.39 is 22.4 Å². The largest absolute Gasteiger partial charge is 0.495 e. The Morgan fingerprint density at radius 2 is 0.641 bits per heavy atom. The van der Waals surface area contributed by atoms with Gasteiger partial charge in [0.25, 0.3) is 0 Å². The summed E-state index contributed by atoms with van der Waals surface area (Å²) in [5, 5.41) is 78.6. The Bertz CT molecular complexity index is 4820. The maximum absolute atomic E-state index is 13.8. The third-order valence-corrected chi connectivity index (χ3v) is 28.4. The van der Waals surface area contributed by atoms with Crippen LogP contribution in [0.5, 0.6) is 11.5 Å². The number of nitrogens with zero attached hydrogens (tertiary/aromatic N) is 17. The minimum absolute atomic E-state index is 0.104. The van der Waals surface area contributed by atoms with Crippen molar-refractivity contribution in [1.82, 2.24) is 44.8 Å². The van der Waals surface area contributed by atoms with Crippen LogP contribution in [0.2, 0.25) is 0 Å². The SMILES string of the molecule is CC(C)c1ccc(N2CCC(C)(O)CC2)cn1.CC(C)c1ccc(N2CCC(C)(O)CC2)cn1.CC(C)c1ccc(N2CCC(O)(CN(C)C)CC2)cn1.CC(C)c1ccc(N2CCC(O)CC2)nc1.CC(C)c1ncc(N2CCC(O)CC2)cc1F.COCC1(O)CCN(c2ccc(C(C)C)nc2)CC1.COc1cc(C(C)C)ncc1N1CCC(O)CC1.COc1cc(N2CCC(O)CC2)cnc1C(C)C. The highest BCUT2D eigenvalue weighted by atomic mass is 19.1. The van der Waals surface area contributed by atoms with Crippen LogP contribution in [0.3, 0.4) is 0 Å². The van der Waals surface area contributed by atoms with Gasteiger partial charge in [-0.2, -0.15) is 0 Å². The fourth-order valence-electron chi connectivity index (χ4n) is 18.5. The van der Waals surface area contributed by atoms with Crippen molar-refractivity contribution in [3.8, 4) is 11.5 Å². The van der Waals surface area contributed by atoms with Crippen LogP contribution in [0.4, 0.5) is 50.0 Å². The van der Waals surface area contributed by atoms with Crippen molar-refractivity contribution < 1.29 is 59.5 Å². The van der Waals surface area contributed by atoms with E-state index in [-0.39, 0.29) is 36.2 Å². The maximum Gasteiger partial charge on any atom is 0.147 e. The highest BCUT2D eigenvalue weighted by Crippen LogP contribution is 2.37. The Kier molecular flexibility index (Phi) is 45.8. The average molecular weight is 1970 g/mol. The number of piperidine rings is 8. The molecule has 0 spiro atoms. The zero-order chi connectivity index (χ0) is 104. The van der Waals surface area contributed by atoms with Gasteiger partial charge in [-0.25, -0.2) is 9.37 Å².